The summed E-state index contributed by atoms with van der Waals surface area (Å²) in [5.41, 5.74) is 2.04. The molecule has 0 radical (unpaired) electrons. The molecule has 2 aromatic carbocycles. The molecule has 124 valence electrons. The Morgan fingerprint density at radius 1 is 1.08 bits per heavy atom. The molecule has 0 amide bonds. The van der Waals surface area contributed by atoms with E-state index in [1.165, 1.54) is 21.1 Å². The lowest BCUT2D eigenvalue weighted by Crippen LogP contribution is -2.32. The molecule has 0 spiro atoms. The van der Waals surface area contributed by atoms with Crippen LogP contribution in [0.3, 0.4) is 0 Å². The Balaban J connectivity index is 1.67. The second kappa shape index (κ2) is 7.30. The van der Waals surface area contributed by atoms with Gasteiger partial charge in [0.2, 0.25) is 10.0 Å². The highest BCUT2D eigenvalue weighted by Crippen LogP contribution is 2.26. The second-order valence-corrected chi connectivity index (χ2v) is 8.25. The third-order valence-electron chi connectivity index (χ3n) is 3.69. The number of hydrogen-bond donors (Lipinski definition) is 1. The summed E-state index contributed by atoms with van der Waals surface area (Å²) in [6, 6.07) is 17.4. The minimum atomic E-state index is -3.46. The summed E-state index contributed by atoms with van der Waals surface area (Å²) in [5, 5.41) is 4.54. The minimum absolute atomic E-state index is 0.173. The maximum absolute atomic E-state index is 12.2. The van der Waals surface area contributed by atoms with Gasteiger partial charge in [-0.25, -0.2) is 13.1 Å². The molecule has 0 aliphatic rings. The van der Waals surface area contributed by atoms with Gasteiger partial charge in [-0.15, -0.1) is 11.3 Å². The monoisotopic (exact) mass is 357 g/mol. The molecule has 0 aliphatic heterocycles. The Labute approximate surface area is 146 Å². The van der Waals surface area contributed by atoms with Crippen LogP contribution in [-0.4, -0.2) is 14.5 Å². The molecule has 0 saturated heterocycles. The van der Waals surface area contributed by atoms with E-state index in [9.17, 15) is 8.42 Å². The number of sulfonamides is 1. The van der Waals surface area contributed by atoms with Crippen molar-refractivity contribution in [1.82, 2.24) is 4.72 Å². The van der Waals surface area contributed by atoms with E-state index in [0.717, 1.165) is 5.56 Å². The molecule has 0 bridgehead atoms. The summed E-state index contributed by atoms with van der Waals surface area (Å²) < 4.78 is 28.4. The van der Waals surface area contributed by atoms with E-state index in [-0.39, 0.29) is 6.04 Å². The van der Waals surface area contributed by atoms with E-state index >= 15 is 0 Å². The van der Waals surface area contributed by atoms with E-state index < -0.39 is 10.0 Å². The zero-order valence-electron chi connectivity index (χ0n) is 13.3. The van der Waals surface area contributed by atoms with Gasteiger partial charge in [-0.3, -0.25) is 0 Å². The fraction of sp³-hybridized carbons (Fsp3) is 0.158. The van der Waals surface area contributed by atoms with Crippen LogP contribution in [0.4, 0.5) is 0 Å². The molecule has 3 aromatic rings. The van der Waals surface area contributed by atoms with Gasteiger partial charge in [-0.05, 0) is 47.4 Å². The Kier molecular flexibility index (Phi) is 5.14. The lowest BCUT2D eigenvalue weighted by atomic mass is 10.1. The van der Waals surface area contributed by atoms with E-state index in [4.69, 9.17) is 0 Å². The zero-order valence-corrected chi connectivity index (χ0v) is 15.0. The van der Waals surface area contributed by atoms with Crippen molar-refractivity contribution in [2.75, 3.05) is 0 Å². The highest BCUT2D eigenvalue weighted by Gasteiger charge is 2.13. The average Bonchev–Trinajstić information content (AvgIpc) is 2.97. The average molecular weight is 358 g/mol. The van der Waals surface area contributed by atoms with Gasteiger partial charge in [0.05, 0.1) is 0 Å². The maximum atomic E-state index is 12.2. The molecule has 0 aliphatic carbocycles. The fourth-order valence-corrected chi connectivity index (χ4v) is 4.65. The largest absolute Gasteiger partial charge is 0.233 e. The first kappa shape index (κ1) is 16.9. The van der Waals surface area contributed by atoms with Gasteiger partial charge in [0.1, 0.15) is 0 Å². The van der Waals surface area contributed by atoms with Crippen LogP contribution in [0.25, 0.3) is 16.2 Å². The smallest absolute Gasteiger partial charge is 0.209 e. The number of fused-ring (bicyclic) bond motifs is 1. The van der Waals surface area contributed by atoms with Crippen molar-refractivity contribution >= 4 is 37.5 Å². The Morgan fingerprint density at radius 3 is 2.58 bits per heavy atom. The van der Waals surface area contributed by atoms with Crippen molar-refractivity contribution in [2.45, 2.75) is 19.4 Å². The van der Waals surface area contributed by atoms with E-state index in [1.807, 2.05) is 49.4 Å². The summed E-state index contributed by atoms with van der Waals surface area (Å²) in [6.45, 7) is 1.89. The van der Waals surface area contributed by atoms with Gasteiger partial charge in [0.25, 0.3) is 0 Å². The van der Waals surface area contributed by atoms with E-state index in [2.05, 4.69) is 22.2 Å². The molecule has 5 heteroatoms. The van der Waals surface area contributed by atoms with Crippen LogP contribution in [-0.2, 0) is 16.4 Å². The molecule has 0 fully saturated rings. The van der Waals surface area contributed by atoms with Crippen LogP contribution in [0.5, 0.6) is 0 Å². The third kappa shape index (κ3) is 4.32. The number of nitrogens with one attached hydrogen (secondary N) is 1. The molecular formula is C19H19NO2S2. The van der Waals surface area contributed by atoms with Gasteiger partial charge in [0, 0.05) is 16.1 Å². The Bertz CT molecular complexity index is 944. The summed E-state index contributed by atoms with van der Waals surface area (Å²) in [7, 11) is -3.46. The zero-order chi connectivity index (χ0) is 17.0. The molecule has 24 heavy (non-hydrogen) atoms. The Morgan fingerprint density at radius 2 is 1.79 bits per heavy atom. The van der Waals surface area contributed by atoms with Crippen molar-refractivity contribution in [3.05, 3.63) is 76.5 Å². The first-order valence-corrected chi connectivity index (χ1v) is 10.2. The summed E-state index contributed by atoms with van der Waals surface area (Å²) >= 11 is 1.69. The van der Waals surface area contributed by atoms with Crippen molar-refractivity contribution in [3.63, 3.8) is 0 Å². The van der Waals surface area contributed by atoms with Gasteiger partial charge >= 0.3 is 0 Å². The number of hydrogen-bond acceptors (Lipinski definition) is 3. The normalized spacial score (nSPS) is 13.5. The molecule has 1 unspecified atom stereocenters. The molecule has 1 N–H and O–H groups in total. The predicted octanol–water partition coefficient (Wildman–Crippen LogP) is 4.42. The van der Waals surface area contributed by atoms with E-state index in [1.54, 1.807) is 17.4 Å². The van der Waals surface area contributed by atoms with Gasteiger partial charge in [-0.1, -0.05) is 48.5 Å². The third-order valence-corrected chi connectivity index (χ3v) is 5.93. The Hall–Kier alpha value is -1.95. The van der Waals surface area contributed by atoms with Crippen LogP contribution in [0.15, 0.2) is 65.4 Å². The number of rotatable bonds is 6. The second-order valence-electron chi connectivity index (χ2n) is 5.74. The SMILES string of the molecule is CC(Cc1csc2ccccc12)NS(=O)(=O)C=Cc1ccccc1. The van der Waals surface area contributed by atoms with Gasteiger partial charge in [-0.2, -0.15) is 0 Å². The summed E-state index contributed by atoms with van der Waals surface area (Å²) in [5.74, 6) is 0. The standard InChI is InChI=1S/C19H19NO2S2/c1-15(13-17-14-23-19-10-6-5-9-18(17)19)20-24(21,22)12-11-16-7-3-2-4-8-16/h2-12,14-15,20H,13H2,1H3. The van der Waals surface area contributed by atoms with Crippen LogP contribution in [0.1, 0.15) is 18.1 Å². The predicted molar refractivity (Wildman–Crippen MR) is 103 cm³/mol. The lowest BCUT2D eigenvalue weighted by Gasteiger charge is -2.12. The van der Waals surface area contributed by atoms with E-state index in [0.29, 0.717) is 6.42 Å². The molecule has 3 rings (SSSR count). The molecule has 1 aromatic heterocycles. The molecular weight excluding hydrogens is 338 g/mol. The van der Waals surface area contributed by atoms with Gasteiger partial charge in [0.15, 0.2) is 0 Å². The van der Waals surface area contributed by atoms with Crippen LogP contribution >= 0.6 is 11.3 Å². The maximum Gasteiger partial charge on any atom is 0.233 e. The van der Waals surface area contributed by atoms with Gasteiger partial charge < -0.3 is 0 Å². The van der Waals surface area contributed by atoms with Crippen molar-refractivity contribution < 1.29 is 8.42 Å². The molecule has 0 saturated carbocycles. The van der Waals surface area contributed by atoms with Crippen LogP contribution in [0, 0.1) is 0 Å². The van der Waals surface area contributed by atoms with Crippen molar-refractivity contribution in [3.8, 4) is 0 Å². The summed E-state index contributed by atoms with van der Waals surface area (Å²) in [4.78, 5) is 0. The summed E-state index contributed by atoms with van der Waals surface area (Å²) in [6.07, 6.45) is 2.28. The number of benzene rings is 2. The molecule has 3 nitrogen and oxygen atoms in total. The fourth-order valence-electron chi connectivity index (χ4n) is 2.61. The van der Waals surface area contributed by atoms with Crippen LogP contribution < -0.4 is 4.72 Å². The van der Waals surface area contributed by atoms with Crippen LogP contribution in [0.2, 0.25) is 0 Å². The quantitative estimate of drug-likeness (QED) is 0.710. The first-order valence-electron chi connectivity index (χ1n) is 7.74. The van der Waals surface area contributed by atoms with Crippen molar-refractivity contribution in [2.24, 2.45) is 0 Å². The highest BCUT2D eigenvalue weighted by molar-refractivity contribution is 7.92. The topological polar surface area (TPSA) is 46.2 Å². The molecule has 1 atom stereocenters. The van der Waals surface area contributed by atoms with Crippen molar-refractivity contribution in [1.29, 1.82) is 0 Å². The highest BCUT2D eigenvalue weighted by atomic mass is 32.2. The molecule has 1 heterocycles. The first-order chi connectivity index (χ1) is 11.5. The minimum Gasteiger partial charge on any atom is -0.209 e. The lowest BCUT2D eigenvalue weighted by molar-refractivity contribution is 0.569. The number of thiophene rings is 1.